The predicted octanol–water partition coefficient (Wildman–Crippen LogP) is 4.47. The van der Waals surface area contributed by atoms with Gasteiger partial charge in [-0.3, -0.25) is 0 Å². The lowest BCUT2D eigenvalue weighted by atomic mass is 10.00. The van der Waals surface area contributed by atoms with Crippen molar-refractivity contribution in [3.05, 3.63) is 59.7 Å². The van der Waals surface area contributed by atoms with Gasteiger partial charge in [-0.1, -0.05) is 49.7 Å². The number of aryl methyl sites for hydroxylation is 1. The van der Waals surface area contributed by atoms with E-state index in [-0.39, 0.29) is 6.03 Å². The first kappa shape index (κ1) is 17.3. The summed E-state index contributed by atoms with van der Waals surface area (Å²) in [5.41, 5.74) is 4.72. The molecule has 4 heteroatoms. The number of carbonyl (C=O) groups is 1. The molecule has 1 saturated heterocycles. The molecule has 3 rings (SSSR count). The Bertz CT molecular complexity index is 716. The van der Waals surface area contributed by atoms with Crippen LogP contribution in [0.4, 0.5) is 16.2 Å². The van der Waals surface area contributed by atoms with Crippen LogP contribution < -0.4 is 10.2 Å². The maximum absolute atomic E-state index is 12.5. The van der Waals surface area contributed by atoms with Gasteiger partial charge in [0.15, 0.2) is 0 Å². The second kappa shape index (κ2) is 7.60. The lowest BCUT2D eigenvalue weighted by Gasteiger charge is -2.37. The van der Waals surface area contributed by atoms with E-state index in [1.807, 2.05) is 36.1 Å². The predicted molar refractivity (Wildman–Crippen MR) is 105 cm³/mol. The Labute approximate surface area is 150 Å². The van der Waals surface area contributed by atoms with Gasteiger partial charge in [-0.2, -0.15) is 0 Å². The molecule has 0 aliphatic carbocycles. The van der Waals surface area contributed by atoms with Crippen LogP contribution in [0.3, 0.4) is 0 Å². The van der Waals surface area contributed by atoms with Crippen LogP contribution in [0.15, 0.2) is 48.5 Å². The number of amides is 2. The molecule has 1 N–H and O–H groups in total. The summed E-state index contributed by atoms with van der Waals surface area (Å²) in [4.78, 5) is 16.8. The highest BCUT2D eigenvalue weighted by Crippen LogP contribution is 2.28. The number of anilines is 2. The highest BCUT2D eigenvalue weighted by atomic mass is 16.2. The maximum atomic E-state index is 12.5. The molecule has 2 amide bonds. The third kappa shape index (κ3) is 4.13. The van der Waals surface area contributed by atoms with Crippen molar-refractivity contribution in [3.8, 4) is 0 Å². The number of nitrogens with one attached hydrogen (secondary N) is 1. The minimum Gasteiger partial charge on any atom is -0.368 e. The second-order valence-electron chi connectivity index (χ2n) is 6.98. The van der Waals surface area contributed by atoms with E-state index in [0.717, 1.165) is 31.9 Å². The van der Waals surface area contributed by atoms with Crippen molar-refractivity contribution >= 4 is 17.4 Å². The lowest BCUT2D eigenvalue weighted by molar-refractivity contribution is 0.208. The Morgan fingerprint density at radius 3 is 2.24 bits per heavy atom. The highest BCUT2D eigenvalue weighted by Gasteiger charge is 2.23. The van der Waals surface area contributed by atoms with Gasteiger partial charge >= 0.3 is 6.03 Å². The molecule has 1 heterocycles. The van der Waals surface area contributed by atoms with Gasteiger partial charge < -0.3 is 15.1 Å². The van der Waals surface area contributed by atoms with Crippen LogP contribution in [0.2, 0.25) is 0 Å². The zero-order valence-corrected chi connectivity index (χ0v) is 15.3. The van der Waals surface area contributed by atoms with Crippen LogP contribution in [-0.2, 0) is 0 Å². The van der Waals surface area contributed by atoms with Gasteiger partial charge in [-0.25, -0.2) is 4.79 Å². The number of benzene rings is 2. The Kier molecular flexibility index (Phi) is 5.27. The maximum Gasteiger partial charge on any atom is 0.321 e. The molecule has 0 spiro atoms. The van der Waals surface area contributed by atoms with Crippen molar-refractivity contribution in [3.63, 3.8) is 0 Å². The first-order valence-electron chi connectivity index (χ1n) is 9.01. The molecule has 25 heavy (non-hydrogen) atoms. The normalized spacial score (nSPS) is 14.7. The zero-order valence-electron chi connectivity index (χ0n) is 15.3. The smallest absolute Gasteiger partial charge is 0.321 e. The quantitative estimate of drug-likeness (QED) is 0.897. The zero-order chi connectivity index (χ0) is 17.8. The summed E-state index contributed by atoms with van der Waals surface area (Å²) in [6, 6.07) is 16.5. The molecule has 1 fully saturated rings. The summed E-state index contributed by atoms with van der Waals surface area (Å²) < 4.78 is 0. The Balaban J connectivity index is 1.60. The Morgan fingerprint density at radius 2 is 1.60 bits per heavy atom. The fourth-order valence-electron chi connectivity index (χ4n) is 3.25. The van der Waals surface area contributed by atoms with Gasteiger partial charge in [0.2, 0.25) is 0 Å². The molecule has 1 aliphatic heterocycles. The molecule has 0 bridgehead atoms. The third-order valence-corrected chi connectivity index (χ3v) is 4.77. The molecule has 4 nitrogen and oxygen atoms in total. The molecule has 0 atom stereocenters. The minimum atomic E-state index is -0.0133. The number of hydrogen-bond acceptors (Lipinski definition) is 2. The molecule has 0 radical (unpaired) electrons. The fraction of sp³-hybridized carbons (Fsp3) is 0.381. The van der Waals surface area contributed by atoms with Crippen molar-refractivity contribution in [2.75, 3.05) is 36.4 Å². The van der Waals surface area contributed by atoms with Gasteiger partial charge in [-0.15, -0.1) is 0 Å². The third-order valence-electron chi connectivity index (χ3n) is 4.77. The van der Waals surface area contributed by atoms with E-state index >= 15 is 0 Å². The number of hydrogen-bond donors (Lipinski definition) is 1. The van der Waals surface area contributed by atoms with E-state index in [1.165, 1.54) is 16.8 Å². The van der Waals surface area contributed by atoms with Gasteiger partial charge in [0.25, 0.3) is 0 Å². The number of urea groups is 1. The van der Waals surface area contributed by atoms with Crippen LogP contribution in [-0.4, -0.2) is 37.1 Å². The van der Waals surface area contributed by atoms with E-state index in [9.17, 15) is 4.79 Å². The van der Waals surface area contributed by atoms with Crippen LogP contribution >= 0.6 is 0 Å². The topological polar surface area (TPSA) is 35.6 Å². The standard InChI is InChI=1S/C21H27N3O/c1-16(2)19-6-4-5-7-20(19)23-12-14-24(15-13-23)21(25)22-18-10-8-17(3)9-11-18/h4-11,16H,12-15H2,1-3H3,(H,22,25). The molecule has 0 unspecified atom stereocenters. The van der Waals surface area contributed by atoms with Crippen molar-refractivity contribution < 1.29 is 4.79 Å². The average molecular weight is 337 g/mol. The van der Waals surface area contributed by atoms with E-state index in [1.54, 1.807) is 0 Å². The SMILES string of the molecule is Cc1ccc(NC(=O)N2CCN(c3ccccc3C(C)C)CC2)cc1. The summed E-state index contributed by atoms with van der Waals surface area (Å²) in [7, 11) is 0. The number of rotatable bonds is 3. The summed E-state index contributed by atoms with van der Waals surface area (Å²) in [6.45, 7) is 9.71. The van der Waals surface area contributed by atoms with Crippen molar-refractivity contribution in [1.82, 2.24) is 4.90 Å². The van der Waals surface area contributed by atoms with Crippen molar-refractivity contribution in [2.45, 2.75) is 26.7 Å². The summed E-state index contributed by atoms with van der Waals surface area (Å²) in [5.74, 6) is 0.499. The van der Waals surface area contributed by atoms with E-state index in [4.69, 9.17) is 0 Å². The van der Waals surface area contributed by atoms with E-state index in [2.05, 4.69) is 48.3 Å². The van der Waals surface area contributed by atoms with E-state index in [0.29, 0.717) is 5.92 Å². The number of nitrogens with zero attached hydrogens (tertiary/aromatic N) is 2. The lowest BCUT2D eigenvalue weighted by Crippen LogP contribution is -2.50. The Hall–Kier alpha value is -2.49. The van der Waals surface area contributed by atoms with Crippen molar-refractivity contribution in [1.29, 1.82) is 0 Å². The fourth-order valence-corrected chi connectivity index (χ4v) is 3.25. The minimum absolute atomic E-state index is 0.0133. The molecule has 0 saturated carbocycles. The number of carbonyl (C=O) groups excluding carboxylic acids is 1. The summed E-state index contributed by atoms with van der Waals surface area (Å²) >= 11 is 0. The molecule has 0 aromatic heterocycles. The van der Waals surface area contributed by atoms with Crippen LogP contribution in [0.5, 0.6) is 0 Å². The van der Waals surface area contributed by atoms with Gasteiger partial charge in [0, 0.05) is 37.6 Å². The molecule has 1 aliphatic rings. The van der Waals surface area contributed by atoms with Gasteiger partial charge in [0.05, 0.1) is 0 Å². The summed E-state index contributed by atoms with van der Waals surface area (Å²) in [6.07, 6.45) is 0. The first-order chi connectivity index (χ1) is 12.0. The number of piperazine rings is 1. The molecular formula is C21H27N3O. The van der Waals surface area contributed by atoms with E-state index < -0.39 is 0 Å². The summed E-state index contributed by atoms with van der Waals surface area (Å²) in [5, 5.41) is 2.99. The second-order valence-corrected chi connectivity index (χ2v) is 6.98. The molecular weight excluding hydrogens is 310 g/mol. The number of para-hydroxylation sites is 1. The highest BCUT2D eigenvalue weighted by molar-refractivity contribution is 5.89. The molecule has 132 valence electrons. The average Bonchev–Trinajstić information content (AvgIpc) is 2.63. The van der Waals surface area contributed by atoms with Crippen LogP contribution in [0, 0.1) is 6.92 Å². The van der Waals surface area contributed by atoms with Crippen LogP contribution in [0.1, 0.15) is 30.9 Å². The van der Waals surface area contributed by atoms with Crippen LogP contribution in [0.25, 0.3) is 0 Å². The monoisotopic (exact) mass is 337 g/mol. The Morgan fingerprint density at radius 1 is 0.960 bits per heavy atom. The molecule has 2 aromatic carbocycles. The first-order valence-corrected chi connectivity index (χ1v) is 9.01. The van der Waals surface area contributed by atoms with Gasteiger partial charge in [-0.05, 0) is 36.6 Å². The van der Waals surface area contributed by atoms with Crippen molar-refractivity contribution in [2.24, 2.45) is 0 Å². The van der Waals surface area contributed by atoms with Gasteiger partial charge in [0.1, 0.15) is 0 Å². The molecule has 2 aromatic rings. The largest absolute Gasteiger partial charge is 0.368 e.